The van der Waals surface area contributed by atoms with Gasteiger partial charge in [0.2, 0.25) is 0 Å². The number of carboxylic acid groups (broad SMARTS) is 1. The molecule has 5 rings (SSSR count). The van der Waals surface area contributed by atoms with Crippen LogP contribution in [0.15, 0.2) is 101 Å². The second kappa shape index (κ2) is 9.29. The second-order valence-electron chi connectivity index (χ2n) is 7.81. The Balaban J connectivity index is 1.54. The molecule has 35 heavy (non-hydrogen) atoms. The van der Waals surface area contributed by atoms with Crippen molar-refractivity contribution < 1.29 is 19.1 Å². The zero-order valence-corrected chi connectivity index (χ0v) is 19.6. The Bertz CT molecular complexity index is 1500. The number of hydrogen-bond donors (Lipinski definition) is 1. The Morgan fingerprint density at radius 2 is 1.66 bits per heavy atom. The van der Waals surface area contributed by atoms with E-state index in [0.717, 1.165) is 5.56 Å². The van der Waals surface area contributed by atoms with Crippen molar-refractivity contribution in [2.75, 3.05) is 4.90 Å². The Labute approximate surface area is 211 Å². The van der Waals surface area contributed by atoms with Gasteiger partial charge in [-0.1, -0.05) is 53.5 Å². The Morgan fingerprint density at radius 3 is 2.37 bits per heavy atom. The van der Waals surface area contributed by atoms with E-state index in [0.29, 0.717) is 44.1 Å². The number of furan rings is 1. The van der Waals surface area contributed by atoms with E-state index in [1.807, 2.05) is 30.3 Å². The summed E-state index contributed by atoms with van der Waals surface area (Å²) < 4.78 is 5.96. The molecule has 3 aromatic carbocycles. The van der Waals surface area contributed by atoms with Crippen LogP contribution in [0.3, 0.4) is 0 Å². The van der Waals surface area contributed by atoms with Crippen molar-refractivity contribution in [3.63, 3.8) is 0 Å². The van der Waals surface area contributed by atoms with Crippen LogP contribution in [0, 0.1) is 0 Å². The molecule has 1 amide bonds. The fourth-order valence-electron chi connectivity index (χ4n) is 3.86. The Hall–Kier alpha value is -4.06. The minimum Gasteiger partial charge on any atom is -0.478 e. The van der Waals surface area contributed by atoms with Crippen molar-refractivity contribution in [2.24, 2.45) is 0 Å². The third-order valence-electron chi connectivity index (χ3n) is 5.54. The molecule has 1 aromatic heterocycles. The van der Waals surface area contributed by atoms with Gasteiger partial charge >= 0.3 is 5.97 Å². The number of halogens is 2. The van der Waals surface area contributed by atoms with E-state index < -0.39 is 5.97 Å². The van der Waals surface area contributed by atoms with E-state index in [2.05, 4.69) is 0 Å². The summed E-state index contributed by atoms with van der Waals surface area (Å²) in [5, 5.41) is 10.3. The van der Waals surface area contributed by atoms with Crippen LogP contribution >= 0.6 is 23.2 Å². The molecule has 7 heteroatoms. The molecule has 0 saturated heterocycles. The molecule has 0 spiro atoms. The van der Waals surface area contributed by atoms with Gasteiger partial charge in [0.05, 0.1) is 16.3 Å². The maximum Gasteiger partial charge on any atom is 0.335 e. The molecule has 1 aliphatic rings. The minimum atomic E-state index is -1.03. The molecule has 4 aromatic rings. The third-order valence-corrected chi connectivity index (χ3v) is 6.11. The largest absolute Gasteiger partial charge is 0.478 e. The van der Waals surface area contributed by atoms with Crippen LogP contribution in [0.2, 0.25) is 10.0 Å². The predicted octanol–water partition coefficient (Wildman–Crippen LogP) is 7.42. The topological polar surface area (TPSA) is 70.8 Å². The number of nitrogens with zero attached hydrogens (tertiary/aromatic N) is 1. The predicted molar refractivity (Wildman–Crippen MR) is 137 cm³/mol. The lowest BCUT2D eigenvalue weighted by Gasteiger charge is -2.21. The van der Waals surface area contributed by atoms with E-state index in [-0.39, 0.29) is 11.5 Å². The van der Waals surface area contributed by atoms with Crippen molar-refractivity contribution in [1.29, 1.82) is 0 Å². The highest BCUT2D eigenvalue weighted by Gasteiger charge is 2.30. The number of carbonyl (C=O) groups is 2. The fraction of sp³-hybridized carbons (Fsp3) is 0. The molecule has 1 aliphatic heterocycles. The monoisotopic (exact) mass is 501 g/mol. The summed E-state index contributed by atoms with van der Waals surface area (Å²) in [6, 6.07) is 24.3. The summed E-state index contributed by atoms with van der Waals surface area (Å²) >= 11 is 12.4. The van der Waals surface area contributed by atoms with Crippen LogP contribution in [0.1, 0.15) is 21.7 Å². The van der Waals surface area contributed by atoms with E-state index in [1.165, 1.54) is 12.1 Å². The van der Waals surface area contributed by atoms with Crippen molar-refractivity contribution in [3.8, 4) is 11.3 Å². The normalized spacial score (nSPS) is 14.5. The molecular formula is C28H17Cl2NO4. The molecular weight excluding hydrogens is 485 g/mol. The first-order valence-electron chi connectivity index (χ1n) is 10.6. The number of anilines is 1. The number of carboxylic acids is 1. The molecule has 0 bridgehead atoms. The molecule has 0 radical (unpaired) electrons. The molecule has 0 fully saturated rings. The summed E-state index contributed by atoms with van der Waals surface area (Å²) in [6.45, 7) is 0. The van der Waals surface area contributed by atoms with Crippen LogP contribution in [-0.2, 0) is 4.79 Å². The van der Waals surface area contributed by atoms with Gasteiger partial charge in [-0.05, 0) is 72.3 Å². The van der Waals surface area contributed by atoms with Crippen molar-refractivity contribution >= 4 is 52.5 Å². The van der Waals surface area contributed by atoms with Crippen LogP contribution in [0.5, 0.6) is 0 Å². The van der Waals surface area contributed by atoms with Crippen LogP contribution < -0.4 is 4.90 Å². The van der Waals surface area contributed by atoms with Crippen molar-refractivity contribution in [2.45, 2.75) is 0 Å². The first kappa shape index (κ1) is 22.7. The average molecular weight is 502 g/mol. The molecule has 0 atom stereocenters. The molecule has 1 N–H and O–H groups in total. The number of aromatic carboxylic acids is 1. The van der Waals surface area contributed by atoms with Gasteiger partial charge in [-0.15, -0.1) is 0 Å². The lowest BCUT2D eigenvalue weighted by atomic mass is 10.1. The molecule has 0 aliphatic carbocycles. The lowest BCUT2D eigenvalue weighted by molar-refractivity contribution is -0.113. The van der Waals surface area contributed by atoms with Crippen LogP contribution in [0.25, 0.3) is 23.1 Å². The van der Waals surface area contributed by atoms with Gasteiger partial charge in [-0.25, -0.2) is 4.79 Å². The number of amides is 1. The number of hydrogen-bond acceptors (Lipinski definition) is 3. The van der Waals surface area contributed by atoms with Crippen molar-refractivity contribution in [3.05, 3.63) is 124 Å². The first-order valence-corrected chi connectivity index (χ1v) is 11.4. The summed E-state index contributed by atoms with van der Waals surface area (Å²) in [5.41, 5.74) is 3.30. The summed E-state index contributed by atoms with van der Waals surface area (Å²) in [4.78, 5) is 26.3. The van der Waals surface area contributed by atoms with Crippen LogP contribution in [-0.4, -0.2) is 17.0 Å². The summed E-state index contributed by atoms with van der Waals surface area (Å²) in [7, 11) is 0. The van der Waals surface area contributed by atoms with Gasteiger partial charge in [0.15, 0.2) is 0 Å². The smallest absolute Gasteiger partial charge is 0.335 e. The van der Waals surface area contributed by atoms with Gasteiger partial charge in [0.1, 0.15) is 11.5 Å². The summed E-state index contributed by atoms with van der Waals surface area (Å²) in [6.07, 6.45) is 3.45. The second-order valence-corrected chi connectivity index (χ2v) is 8.66. The van der Waals surface area contributed by atoms with E-state index in [4.69, 9.17) is 27.6 Å². The number of benzene rings is 3. The lowest BCUT2D eigenvalue weighted by Crippen LogP contribution is -2.25. The fourth-order valence-corrected chi connectivity index (χ4v) is 4.24. The van der Waals surface area contributed by atoms with Gasteiger partial charge in [0, 0.05) is 21.8 Å². The highest BCUT2D eigenvalue weighted by Crippen LogP contribution is 2.36. The third kappa shape index (κ3) is 4.52. The van der Waals surface area contributed by atoms with Gasteiger partial charge in [0.25, 0.3) is 5.91 Å². The maximum atomic E-state index is 13.5. The van der Waals surface area contributed by atoms with E-state index in [1.54, 1.807) is 59.5 Å². The molecule has 5 nitrogen and oxygen atoms in total. The molecule has 2 heterocycles. The highest BCUT2D eigenvalue weighted by atomic mass is 35.5. The van der Waals surface area contributed by atoms with E-state index in [9.17, 15) is 14.7 Å². The van der Waals surface area contributed by atoms with Gasteiger partial charge in [-0.2, -0.15) is 0 Å². The van der Waals surface area contributed by atoms with E-state index >= 15 is 0 Å². The zero-order chi connectivity index (χ0) is 24.5. The Kier molecular flexibility index (Phi) is 6.03. The Morgan fingerprint density at radius 1 is 0.914 bits per heavy atom. The number of carbonyl (C=O) groups excluding carboxylic acids is 1. The maximum absolute atomic E-state index is 13.5. The first-order chi connectivity index (χ1) is 16.9. The standard InChI is InChI=1S/C28H17Cl2NO4/c29-20-8-12-24(30)23(16-20)26-13-11-22(35-26)14-19-15-25(17-4-2-1-3-5-17)31(27(19)32)21-9-6-18(7-10-21)28(33)34/h1-16H,(H,33,34). The van der Waals surface area contributed by atoms with Gasteiger partial charge < -0.3 is 9.52 Å². The average Bonchev–Trinajstić information content (AvgIpc) is 3.46. The molecule has 0 unspecified atom stereocenters. The number of rotatable bonds is 5. The highest BCUT2D eigenvalue weighted by molar-refractivity contribution is 6.35. The summed E-state index contributed by atoms with van der Waals surface area (Å²) in [5.74, 6) is -0.280. The quantitative estimate of drug-likeness (QED) is 0.288. The molecule has 172 valence electrons. The minimum absolute atomic E-state index is 0.143. The molecule has 0 saturated carbocycles. The van der Waals surface area contributed by atoms with Crippen LogP contribution in [0.4, 0.5) is 5.69 Å². The SMILES string of the molecule is O=C(O)c1ccc(N2C(=O)C(=Cc3ccc(-c4cc(Cl)ccc4Cl)o3)C=C2c2ccccc2)cc1. The van der Waals surface area contributed by atoms with Gasteiger partial charge in [-0.3, -0.25) is 9.69 Å². The zero-order valence-electron chi connectivity index (χ0n) is 18.1. The van der Waals surface area contributed by atoms with Crippen molar-refractivity contribution in [1.82, 2.24) is 0 Å².